The maximum absolute atomic E-state index is 13.4. The van der Waals surface area contributed by atoms with E-state index in [1.165, 1.54) is 12.8 Å². The van der Waals surface area contributed by atoms with E-state index in [0.717, 1.165) is 13.0 Å². The van der Waals surface area contributed by atoms with Crippen molar-refractivity contribution in [2.45, 2.75) is 50.4 Å². The fourth-order valence-electron chi connectivity index (χ4n) is 4.91. The average Bonchev–Trinajstić information content (AvgIpc) is 3.74. The molecule has 2 aliphatic heterocycles. The zero-order valence-corrected chi connectivity index (χ0v) is 21.2. The molecule has 3 atom stereocenters. The number of fused-ring (bicyclic) bond motifs is 2. The van der Waals surface area contributed by atoms with Crippen molar-refractivity contribution in [3.8, 4) is 11.5 Å². The average molecular weight is 508 g/mol. The van der Waals surface area contributed by atoms with Gasteiger partial charge in [-0.2, -0.15) is 0 Å². The van der Waals surface area contributed by atoms with Gasteiger partial charge in [0, 0.05) is 24.8 Å². The predicted molar refractivity (Wildman–Crippen MR) is 137 cm³/mol. The Bertz CT molecular complexity index is 1160. The first-order chi connectivity index (χ1) is 17.9. The maximum Gasteiger partial charge on any atom is 0.257 e. The Morgan fingerprint density at radius 3 is 2.59 bits per heavy atom. The number of amides is 3. The highest BCUT2D eigenvalue weighted by atomic mass is 16.5. The summed E-state index contributed by atoms with van der Waals surface area (Å²) in [6.07, 6.45) is 3.61. The summed E-state index contributed by atoms with van der Waals surface area (Å²) in [4.78, 5) is 40.1. The minimum atomic E-state index is -0.327. The van der Waals surface area contributed by atoms with Gasteiger partial charge in [-0.25, -0.2) is 0 Å². The third-order valence-corrected chi connectivity index (χ3v) is 7.32. The molecule has 2 fully saturated rings. The minimum Gasteiger partial charge on any atom is -0.497 e. The van der Waals surface area contributed by atoms with Crippen molar-refractivity contribution in [1.82, 2.24) is 10.2 Å². The number of carbonyl (C=O) groups excluding carboxylic acids is 3. The minimum absolute atomic E-state index is 0.0149. The third-order valence-electron chi connectivity index (χ3n) is 7.32. The lowest BCUT2D eigenvalue weighted by molar-refractivity contribution is -0.134. The summed E-state index contributed by atoms with van der Waals surface area (Å²) in [6, 6.07) is 11.7. The summed E-state index contributed by atoms with van der Waals surface area (Å²) >= 11 is 0. The van der Waals surface area contributed by atoms with Gasteiger partial charge >= 0.3 is 0 Å². The van der Waals surface area contributed by atoms with Crippen LogP contribution in [0.25, 0.3) is 0 Å². The number of benzene rings is 2. The number of carbonyl (C=O) groups is 3. The van der Waals surface area contributed by atoms with Crippen LogP contribution < -0.4 is 20.1 Å². The second kappa shape index (κ2) is 10.8. The number of likely N-dealkylation sites (N-methyl/N-ethyl adjacent to an activating group) is 1. The molecule has 9 nitrogen and oxygen atoms in total. The molecule has 2 heterocycles. The normalized spacial score (nSPS) is 23.0. The Hall–Kier alpha value is -3.59. The SMILES string of the molecule is COc1ccc(C(=O)Nc2ccc3c(c2)C(=O)N(C)[C@H]2CC[C@@H](CC(=O)NCC4CC4)O[C@@H]2CO3)cc1. The van der Waals surface area contributed by atoms with E-state index in [0.29, 0.717) is 47.1 Å². The maximum atomic E-state index is 13.4. The van der Waals surface area contributed by atoms with Gasteiger partial charge < -0.3 is 29.7 Å². The third kappa shape index (κ3) is 5.88. The zero-order valence-electron chi connectivity index (χ0n) is 21.2. The molecule has 5 rings (SSSR count). The molecule has 196 valence electrons. The van der Waals surface area contributed by atoms with Gasteiger partial charge in [-0.3, -0.25) is 14.4 Å². The van der Waals surface area contributed by atoms with Crippen molar-refractivity contribution in [1.29, 1.82) is 0 Å². The Morgan fingerprint density at radius 1 is 1.08 bits per heavy atom. The summed E-state index contributed by atoms with van der Waals surface area (Å²) in [5.74, 6) is 1.26. The van der Waals surface area contributed by atoms with Crippen LogP contribution in [0.4, 0.5) is 5.69 Å². The van der Waals surface area contributed by atoms with Crippen LogP contribution in [0.2, 0.25) is 0 Å². The zero-order chi connectivity index (χ0) is 25.9. The summed E-state index contributed by atoms with van der Waals surface area (Å²) in [5, 5.41) is 5.85. The van der Waals surface area contributed by atoms with Crippen molar-refractivity contribution in [3.63, 3.8) is 0 Å². The molecule has 1 saturated carbocycles. The molecule has 0 radical (unpaired) electrons. The summed E-state index contributed by atoms with van der Waals surface area (Å²) in [6.45, 7) is 1.02. The van der Waals surface area contributed by atoms with E-state index in [4.69, 9.17) is 14.2 Å². The van der Waals surface area contributed by atoms with Gasteiger partial charge in [-0.05, 0) is 74.1 Å². The molecule has 2 N–H and O–H groups in total. The van der Waals surface area contributed by atoms with Crippen molar-refractivity contribution >= 4 is 23.4 Å². The lowest BCUT2D eigenvalue weighted by Crippen LogP contribution is -2.54. The van der Waals surface area contributed by atoms with Crippen molar-refractivity contribution in [3.05, 3.63) is 53.6 Å². The molecule has 2 aromatic rings. The van der Waals surface area contributed by atoms with Crippen LogP contribution in [0.1, 0.15) is 52.8 Å². The van der Waals surface area contributed by atoms with Gasteiger partial charge in [0.15, 0.2) is 0 Å². The fraction of sp³-hybridized carbons (Fsp3) is 0.464. The van der Waals surface area contributed by atoms with Crippen LogP contribution in [-0.2, 0) is 9.53 Å². The summed E-state index contributed by atoms with van der Waals surface area (Å²) < 4.78 is 17.4. The number of hydrogen-bond donors (Lipinski definition) is 2. The number of ether oxygens (including phenoxy) is 3. The Balaban J connectivity index is 1.24. The van der Waals surface area contributed by atoms with E-state index in [9.17, 15) is 14.4 Å². The highest BCUT2D eigenvalue weighted by Gasteiger charge is 2.39. The first kappa shape index (κ1) is 25.1. The van der Waals surface area contributed by atoms with Crippen LogP contribution in [0, 0.1) is 5.92 Å². The van der Waals surface area contributed by atoms with Crippen LogP contribution in [0.15, 0.2) is 42.5 Å². The molecular formula is C28H33N3O6. The standard InChI is InChI=1S/C28H33N3O6/c1-31-23-11-10-21(14-26(32)29-15-17-3-4-17)37-25(23)16-36-24-12-7-19(13-22(24)28(31)34)30-27(33)18-5-8-20(35-2)9-6-18/h5-9,12-13,17,21,23,25H,3-4,10-11,14-16H2,1-2H3,(H,29,32)(H,30,33)/t21-,23-,25+/m0/s1. The van der Waals surface area contributed by atoms with E-state index in [1.807, 2.05) is 0 Å². The molecule has 0 bridgehead atoms. The van der Waals surface area contributed by atoms with Crippen molar-refractivity contribution < 1.29 is 28.6 Å². The molecule has 0 unspecified atom stereocenters. The van der Waals surface area contributed by atoms with Gasteiger partial charge in [-0.15, -0.1) is 0 Å². The van der Waals surface area contributed by atoms with Crippen LogP contribution in [0.5, 0.6) is 11.5 Å². The molecule has 37 heavy (non-hydrogen) atoms. The second-order valence-corrected chi connectivity index (χ2v) is 10.0. The van der Waals surface area contributed by atoms with Crippen molar-refractivity contribution in [2.75, 3.05) is 32.6 Å². The molecule has 3 amide bonds. The topological polar surface area (TPSA) is 106 Å². The smallest absolute Gasteiger partial charge is 0.257 e. The largest absolute Gasteiger partial charge is 0.497 e. The first-order valence-corrected chi connectivity index (χ1v) is 12.8. The molecule has 0 spiro atoms. The van der Waals surface area contributed by atoms with Gasteiger partial charge in [0.05, 0.1) is 31.2 Å². The first-order valence-electron chi connectivity index (χ1n) is 12.8. The van der Waals surface area contributed by atoms with Crippen molar-refractivity contribution in [2.24, 2.45) is 5.92 Å². The van der Waals surface area contributed by atoms with Gasteiger partial charge in [0.2, 0.25) is 5.91 Å². The van der Waals surface area contributed by atoms with Crippen LogP contribution >= 0.6 is 0 Å². The lowest BCUT2D eigenvalue weighted by atomic mass is 9.94. The fourth-order valence-corrected chi connectivity index (χ4v) is 4.91. The Labute approximate surface area is 216 Å². The molecule has 2 aromatic carbocycles. The number of nitrogens with zero attached hydrogens (tertiary/aromatic N) is 1. The van der Waals surface area contributed by atoms with E-state index in [1.54, 1.807) is 61.5 Å². The van der Waals surface area contributed by atoms with E-state index < -0.39 is 0 Å². The number of anilines is 1. The molecule has 1 saturated heterocycles. The van der Waals surface area contributed by atoms with E-state index in [-0.39, 0.29) is 42.6 Å². The van der Waals surface area contributed by atoms with Gasteiger partial charge in [0.1, 0.15) is 24.2 Å². The molecule has 3 aliphatic rings. The predicted octanol–water partition coefficient (Wildman–Crippen LogP) is 3.24. The van der Waals surface area contributed by atoms with Gasteiger partial charge in [-0.1, -0.05) is 0 Å². The number of nitrogens with one attached hydrogen (secondary N) is 2. The highest BCUT2D eigenvalue weighted by molar-refractivity contribution is 6.05. The highest BCUT2D eigenvalue weighted by Crippen LogP contribution is 2.33. The molecule has 9 heteroatoms. The number of rotatable bonds is 7. The monoisotopic (exact) mass is 507 g/mol. The second-order valence-electron chi connectivity index (χ2n) is 10.0. The Morgan fingerprint density at radius 2 is 1.86 bits per heavy atom. The lowest BCUT2D eigenvalue weighted by Gasteiger charge is -2.42. The number of hydrogen-bond acceptors (Lipinski definition) is 6. The van der Waals surface area contributed by atoms with E-state index in [2.05, 4.69) is 10.6 Å². The summed E-state index contributed by atoms with van der Waals surface area (Å²) in [5.41, 5.74) is 1.36. The molecule has 1 aliphatic carbocycles. The Kier molecular flexibility index (Phi) is 7.32. The van der Waals surface area contributed by atoms with Crippen LogP contribution in [-0.4, -0.2) is 68.2 Å². The molecule has 0 aromatic heterocycles. The molecular weight excluding hydrogens is 474 g/mol. The van der Waals surface area contributed by atoms with E-state index >= 15 is 0 Å². The summed E-state index contributed by atoms with van der Waals surface area (Å²) in [7, 11) is 3.34. The quantitative estimate of drug-likeness (QED) is 0.596. The van der Waals surface area contributed by atoms with Crippen LogP contribution in [0.3, 0.4) is 0 Å². The van der Waals surface area contributed by atoms with Gasteiger partial charge in [0.25, 0.3) is 11.8 Å². The number of methoxy groups -OCH3 is 1.